The van der Waals surface area contributed by atoms with E-state index in [1.165, 1.54) is 10.5 Å². The zero-order valence-corrected chi connectivity index (χ0v) is 25.6. The fraction of sp³-hybridized carbons (Fsp3) is 0.407. The Labute approximate surface area is 253 Å². The minimum absolute atomic E-state index is 0.00572. The SMILES string of the molecule is CCCS(=O)(=O)N1CCC(Oc2c(N3CCN(S(=O)(=O)c4c(F)cccc4F)CC3)cnn(-c3cccc(Cl)c3)c2=O)C1. The van der Waals surface area contributed by atoms with Gasteiger partial charge in [0, 0.05) is 37.7 Å². The van der Waals surface area contributed by atoms with E-state index in [-0.39, 0.29) is 56.5 Å². The van der Waals surface area contributed by atoms with Crippen molar-refractivity contribution in [3.8, 4) is 11.4 Å². The second-order valence-electron chi connectivity index (χ2n) is 10.2. The smallest absolute Gasteiger partial charge is 0.316 e. The summed E-state index contributed by atoms with van der Waals surface area (Å²) in [7, 11) is -7.93. The molecule has 0 saturated carbocycles. The molecule has 0 radical (unpaired) electrons. The fourth-order valence-corrected chi connectivity index (χ4v) is 8.45. The first-order chi connectivity index (χ1) is 20.4. The number of hydrogen-bond acceptors (Lipinski definition) is 8. The van der Waals surface area contributed by atoms with Crippen LogP contribution in [0.15, 0.2) is 58.4 Å². The van der Waals surface area contributed by atoms with Gasteiger partial charge in [0.05, 0.1) is 24.2 Å². The van der Waals surface area contributed by atoms with Crippen LogP contribution in [0.25, 0.3) is 5.69 Å². The van der Waals surface area contributed by atoms with Crippen LogP contribution < -0.4 is 15.2 Å². The summed E-state index contributed by atoms with van der Waals surface area (Å²) in [5.74, 6) is -2.44. The highest BCUT2D eigenvalue weighted by Gasteiger charge is 2.36. The van der Waals surface area contributed by atoms with E-state index in [4.69, 9.17) is 16.3 Å². The monoisotopic (exact) mass is 657 g/mol. The van der Waals surface area contributed by atoms with E-state index >= 15 is 0 Å². The second-order valence-corrected chi connectivity index (χ2v) is 14.6. The van der Waals surface area contributed by atoms with Crippen LogP contribution in [0.3, 0.4) is 0 Å². The molecule has 232 valence electrons. The van der Waals surface area contributed by atoms with Crippen LogP contribution in [0, 0.1) is 11.6 Å². The van der Waals surface area contributed by atoms with E-state index in [1.807, 2.05) is 0 Å². The number of aromatic nitrogens is 2. The van der Waals surface area contributed by atoms with Crippen molar-refractivity contribution >= 4 is 37.3 Å². The topological polar surface area (TPSA) is 122 Å². The van der Waals surface area contributed by atoms with Gasteiger partial charge >= 0.3 is 5.56 Å². The number of rotatable bonds is 9. The summed E-state index contributed by atoms with van der Waals surface area (Å²) >= 11 is 6.13. The van der Waals surface area contributed by atoms with Gasteiger partial charge < -0.3 is 9.64 Å². The van der Waals surface area contributed by atoms with Crippen LogP contribution >= 0.6 is 11.6 Å². The lowest BCUT2D eigenvalue weighted by atomic mass is 10.2. The van der Waals surface area contributed by atoms with Crippen molar-refractivity contribution in [2.45, 2.75) is 30.8 Å². The predicted molar refractivity (Wildman–Crippen MR) is 157 cm³/mol. The van der Waals surface area contributed by atoms with E-state index in [1.54, 1.807) is 36.1 Å². The number of anilines is 1. The average molecular weight is 658 g/mol. The van der Waals surface area contributed by atoms with Gasteiger partial charge in [0.15, 0.2) is 4.90 Å². The Balaban J connectivity index is 1.44. The summed E-state index contributed by atoms with van der Waals surface area (Å²) < 4.78 is 89.7. The summed E-state index contributed by atoms with van der Waals surface area (Å²) in [4.78, 5) is 14.5. The largest absolute Gasteiger partial charge is 0.481 e. The summed E-state index contributed by atoms with van der Waals surface area (Å²) in [5.41, 5.74) is 0.0562. The molecule has 1 aromatic heterocycles. The average Bonchev–Trinajstić information content (AvgIpc) is 3.44. The Bertz CT molecular complexity index is 1760. The molecule has 1 atom stereocenters. The lowest BCUT2D eigenvalue weighted by molar-refractivity contribution is 0.211. The van der Waals surface area contributed by atoms with Gasteiger partial charge in [0.1, 0.15) is 23.4 Å². The van der Waals surface area contributed by atoms with Gasteiger partial charge in [0.2, 0.25) is 25.8 Å². The second kappa shape index (κ2) is 12.5. The van der Waals surface area contributed by atoms with Crippen LogP contribution in [-0.2, 0) is 20.0 Å². The van der Waals surface area contributed by atoms with Crippen LogP contribution in [0.4, 0.5) is 14.5 Å². The molecule has 11 nitrogen and oxygen atoms in total. The summed E-state index contributed by atoms with van der Waals surface area (Å²) in [6.07, 6.45) is 1.63. The molecule has 2 aliphatic heterocycles. The number of benzene rings is 2. The first-order valence-electron chi connectivity index (χ1n) is 13.6. The maximum atomic E-state index is 14.3. The highest BCUT2D eigenvalue weighted by Crippen LogP contribution is 2.30. The van der Waals surface area contributed by atoms with Crippen LogP contribution in [0.2, 0.25) is 5.02 Å². The Morgan fingerprint density at radius 1 is 0.977 bits per heavy atom. The standard InChI is InChI=1S/C27H30ClF2N5O6S2/c1-2-15-42(37,38)34-10-9-21(18-34)41-25-24(17-31-35(27(25)36)20-6-3-5-19(28)16-20)32-11-13-33(14-12-32)43(39,40)26-22(29)7-4-8-23(26)30/h3-8,16-17,21H,2,9-15,18H2,1H3. The minimum atomic E-state index is -4.47. The third kappa shape index (κ3) is 6.41. The maximum absolute atomic E-state index is 14.3. The Hall–Kier alpha value is -3.11. The van der Waals surface area contributed by atoms with Crippen molar-refractivity contribution in [2.24, 2.45) is 0 Å². The van der Waals surface area contributed by atoms with E-state index in [0.29, 0.717) is 23.6 Å². The zero-order valence-electron chi connectivity index (χ0n) is 23.2. The van der Waals surface area contributed by atoms with Crippen LogP contribution in [0.1, 0.15) is 19.8 Å². The molecule has 3 heterocycles. The summed E-state index contributed by atoms with van der Waals surface area (Å²) in [5, 5.41) is 4.69. The van der Waals surface area contributed by atoms with Crippen molar-refractivity contribution in [2.75, 3.05) is 49.9 Å². The van der Waals surface area contributed by atoms with Gasteiger partial charge in [0.25, 0.3) is 0 Å². The van der Waals surface area contributed by atoms with Gasteiger partial charge in [-0.25, -0.2) is 25.6 Å². The van der Waals surface area contributed by atoms with Crippen molar-refractivity contribution in [3.63, 3.8) is 0 Å². The Kier molecular flexibility index (Phi) is 9.09. The van der Waals surface area contributed by atoms with Crippen molar-refractivity contribution in [1.29, 1.82) is 0 Å². The van der Waals surface area contributed by atoms with Crippen molar-refractivity contribution in [1.82, 2.24) is 18.4 Å². The zero-order chi connectivity index (χ0) is 30.9. The van der Waals surface area contributed by atoms with Crippen LogP contribution in [0.5, 0.6) is 5.75 Å². The molecule has 0 amide bonds. The van der Waals surface area contributed by atoms with Crippen LogP contribution in [-0.4, -0.2) is 86.4 Å². The summed E-state index contributed by atoms with van der Waals surface area (Å²) in [6, 6.07) is 9.36. The molecular weight excluding hydrogens is 628 g/mol. The molecule has 43 heavy (non-hydrogen) atoms. The van der Waals surface area contributed by atoms with Gasteiger partial charge in [-0.15, -0.1) is 0 Å². The van der Waals surface area contributed by atoms with Gasteiger partial charge in [-0.3, -0.25) is 4.79 Å². The first-order valence-corrected chi connectivity index (χ1v) is 17.1. The molecule has 2 aromatic carbocycles. The van der Waals surface area contributed by atoms with E-state index in [9.17, 15) is 30.4 Å². The van der Waals surface area contributed by atoms with Gasteiger partial charge in [-0.05, 0) is 43.2 Å². The van der Waals surface area contributed by atoms with Crippen molar-refractivity contribution < 1.29 is 30.4 Å². The lowest BCUT2D eigenvalue weighted by Gasteiger charge is -2.36. The molecular formula is C27H30ClF2N5O6S2. The molecule has 16 heteroatoms. The molecule has 0 bridgehead atoms. The number of halogens is 3. The number of sulfonamides is 2. The number of hydrogen-bond donors (Lipinski definition) is 0. The number of piperazine rings is 1. The Morgan fingerprint density at radius 3 is 2.30 bits per heavy atom. The molecule has 0 N–H and O–H groups in total. The molecule has 2 aliphatic rings. The molecule has 0 aliphatic carbocycles. The highest BCUT2D eigenvalue weighted by molar-refractivity contribution is 7.89. The lowest BCUT2D eigenvalue weighted by Crippen LogP contribution is -2.49. The van der Waals surface area contributed by atoms with E-state index in [2.05, 4.69) is 5.10 Å². The van der Waals surface area contributed by atoms with E-state index < -0.39 is 48.2 Å². The quantitative estimate of drug-likeness (QED) is 0.345. The Morgan fingerprint density at radius 2 is 1.65 bits per heavy atom. The normalized spacial score (nSPS) is 18.7. The minimum Gasteiger partial charge on any atom is -0.481 e. The third-order valence-electron chi connectivity index (χ3n) is 7.31. The summed E-state index contributed by atoms with van der Waals surface area (Å²) in [6.45, 7) is 1.98. The number of nitrogens with zero attached hydrogens (tertiary/aromatic N) is 5. The van der Waals surface area contributed by atoms with Gasteiger partial charge in [-0.1, -0.05) is 30.7 Å². The highest BCUT2D eigenvalue weighted by atomic mass is 35.5. The number of ether oxygens (including phenoxy) is 1. The molecule has 2 fully saturated rings. The maximum Gasteiger partial charge on any atom is 0.316 e. The van der Waals surface area contributed by atoms with Crippen molar-refractivity contribution in [3.05, 3.63) is 75.7 Å². The molecule has 0 spiro atoms. The molecule has 3 aromatic rings. The fourth-order valence-electron chi connectivity index (χ4n) is 5.18. The molecule has 5 rings (SSSR count). The third-order valence-corrected chi connectivity index (χ3v) is 11.5. The molecule has 2 saturated heterocycles. The first kappa shape index (κ1) is 31.3. The predicted octanol–water partition coefficient (Wildman–Crippen LogP) is 2.87. The molecule has 1 unspecified atom stereocenters. The van der Waals surface area contributed by atoms with Gasteiger partial charge in [-0.2, -0.15) is 18.4 Å². The van der Waals surface area contributed by atoms with E-state index in [0.717, 1.165) is 27.2 Å².